The van der Waals surface area contributed by atoms with Crippen LogP contribution in [0.5, 0.6) is 0 Å². The minimum absolute atomic E-state index is 0.174. The number of hydrogen-bond donors (Lipinski definition) is 3. The Morgan fingerprint density at radius 3 is 2.57 bits per heavy atom. The zero-order valence-corrected chi connectivity index (χ0v) is 7.34. The molecule has 1 aliphatic heterocycles. The summed E-state index contributed by atoms with van der Waals surface area (Å²) < 4.78 is 5.15. The van der Waals surface area contributed by atoms with Crippen molar-refractivity contribution in [1.82, 2.24) is 0 Å². The van der Waals surface area contributed by atoms with Gasteiger partial charge in [-0.3, -0.25) is 9.59 Å². The molecule has 1 heterocycles. The third kappa shape index (κ3) is 1.04. The monoisotopic (exact) mass is 201 g/mol. The first kappa shape index (κ1) is 9.42. The van der Waals surface area contributed by atoms with Gasteiger partial charge in [-0.25, -0.2) is 0 Å². The number of hydrogen-bond acceptors (Lipinski definition) is 4. The molecule has 14 heavy (non-hydrogen) atoms. The molecule has 2 aliphatic rings. The Balaban J connectivity index is 2.22. The third-order valence-corrected chi connectivity index (χ3v) is 3.06. The minimum atomic E-state index is -1.42. The maximum Gasteiger partial charge on any atom is 0.324 e. The van der Waals surface area contributed by atoms with E-state index in [1.807, 2.05) is 0 Å². The fourth-order valence-electron chi connectivity index (χ4n) is 2.18. The summed E-state index contributed by atoms with van der Waals surface area (Å²) in [5.41, 5.74) is 4.25. The zero-order chi connectivity index (χ0) is 10.5. The van der Waals surface area contributed by atoms with Crippen molar-refractivity contribution in [2.75, 3.05) is 6.61 Å². The van der Waals surface area contributed by atoms with Crippen molar-refractivity contribution in [3.63, 3.8) is 0 Å². The number of carbonyl (C=O) groups is 2. The molecular formula is C8H11NO5. The molecule has 1 saturated carbocycles. The first-order chi connectivity index (χ1) is 6.48. The van der Waals surface area contributed by atoms with Crippen LogP contribution < -0.4 is 5.73 Å². The van der Waals surface area contributed by atoms with Crippen LogP contribution in [0.15, 0.2) is 0 Å². The highest BCUT2D eigenvalue weighted by Crippen LogP contribution is 2.52. The summed E-state index contributed by atoms with van der Waals surface area (Å²) in [7, 11) is 0. The van der Waals surface area contributed by atoms with E-state index in [2.05, 4.69) is 0 Å². The molecule has 0 spiro atoms. The Labute approximate surface area is 79.6 Å². The van der Waals surface area contributed by atoms with Crippen molar-refractivity contribution >= 4 is 11.9 Å². The van der Waals surface area contributed by atoms with Gasteiger partial charge in [-0.15, -0.1) is 0 Å². The average Bonchev–Trinajstić information content (AvgIpc) is 2.79. The van der Waals surface area contributed by atoms with Crippen LogP contribution in [0.4, 0.5) is 0 Å². The summed E-state index contributed by atoms with van der Waals surface area (Å²) in [5.74, 6) is -3.50. The molecule has 2 rings (SSSR count). The molecule has 78 valence electrons. The van der Waals surface area contributed by atoms with E-state index in [1.165, 1.54) is 0 Å². The van der Waals surface area contributed by atoms with Crippen LogP contribution in [0.2, 0.25) is 0 Å². The van der Waals surface area contributed by atoms with E-state index in [4.69, 9.17) is 20.7 Å². The molecule has 0 aromatic heterocycles. The highest BCUT2D eigenvalue weighted by atomic mass is 16.5. The Morgan fingerprint density at radius 2 is 2.07 bits per heavy atom. The molecule has 0 aromatic rings. The van der Waals surface area contributed by atoms with Gasteiger partial charge in [-0.2, -0.15) is 0 Å². The van der Waals surface area contributed by atoms with Gasteiger partial charge in [0.15, 0.2) is 0 Å². The Hall–Kier alpha value is -1.14. The van der Waals surface area contributed by atoms with Crippen LogP contribution in [0, 0.1) is 11.8 Å². The Morgan fingerprint density at radius 1 is 1.43 bits per heavy atom. The fraction of sp³-hybridized carbons (Fsp3) is 0.750. The van der Waals surface area contributed by atoms with Crippen LogP contribution in [0.1, 0.15) is 6.42 Å². The summed E-state index contributed by atoms with van der Waals surface area (Å²) in [4.78, 5) is 21.6. The van der Waals surface area contributed by atoms with Gasteiger partial charge >= 0.3 is 11.9 Å². The van der Waals surface area contributed by atoms with Crippen LogP contribution >= 0.6 is 0 Å². The molecule has 0 radical (unpaired) electrons. The van der Waals surface area contributed by atoms with Crippen LogP contribution in [0.25, 0.3) is 0 Å². The predicted octanol–water partition coefficient (Wildman–Crippen LogP) is -1.11. The van der Waals surface area contributed by atoms with Crippen LogP contribution in [0.3, 0.4) is 0 Å². The number of rotatable bonds is 2. The lowest BCUT2D eigenvalue weighted by Crippen LogP contribution is -2.54. The third-order valence-electron chi connectivity index (χ3n) is 3.06. The van der Waals surface area contributed by atoms with E-state index in [1.54, 1.807) is 0 Å². The van der Waals surface area contributed by atoms with Crippen molar-refractivity contribution < 1.29 is 24.5 Å². The molecule has 4 atom stereocenters. The van der Waals surface area contributed by atoms with Gasteiger partial charge in [0.1, 0.15) is 5.54 Å². The van der Waals surface area contributed by atoms with Crippen molar-refractivity contribution in [2.45, 2.75) is 18.1 Å². The molecule has 0 aromatic carbocycles. The molecule has 2 fully saturated rings. The van der Waals surface area contributed by atoms with E-state index in [9.17, 15) is 9.59 Å². The predicted molar refractivity (Wildman–Crippen MR) is 43.5 cm³/mol. The van der Waals surface area contributed by atoms with E-state index < -0.39 is 35.4 Å². The standard InChI is InChI=1S/C8H11NO5/c9-8(7(12)13)1-2-14-5-3(4(5)8)6(10)11/h3-5H,1-2,9H2,(H,10,11)(H,12,13)/t3-,4-,5+,8-/m1/s1. The summed E-state index contributed by atoms with van der Waals surface area (Å²) >= 11 is 0. The lowest BCUT2D eigenvalue weighted by molar-refractivity contribution is -0.147. The Bertz CT molecular complexity index is 304. The van der Waals surface area contributed by atoms with Crippen molar-refractivity contribution in [3.05, 3.63) is 0 Å². The maximum absolute atomic E-state index is 10.9. The molecule has 1 saturated heterocycles. The summed E-state index contributed by atoms with van der Waals surface area (Å²) in [6.07, 6.45) is -0.338. The molecule has 0 amide bonds. The molecular weight excluding hydrogens is 190 g/mol. The SMILES string of the molecule is N[C@]1(C(=O)O)CCO[C@H]2[C@H](C(=O)O)[C@H]21. The number of carboxylic acids is 2. The van der Waals surface area contributed by atoms with Crippen molar-refractivity contribution in [2.24, 2.45) is 17.6 Å². The molecule has 1 aliphatic carbocycles. The van der Waals surface area contributed by atoms with Crippen LogP contribution in [-0.4, -0.2) is 40.4 Å². The van der Waals surface area contributed by atoms with Crippen molar-refractivity contribution in [3.8, 4) is 0 Å². The zero-order valence-electron chi connectivity index (χ0n) is 7.34. The Kier molecular flexibility index (Phi) is 1.80. The lowest BCUT2D eigenvalue weighted by Gasteiger charge is -2.28. The second kappa shape index (κ2) is 2.68. The molecule has 0 unspecified atom stereocenters. The second-order valence-corrected chi connectivity index (χ2v) is 3.82. The highest BCUT2D eigenvalue weighted by molar-refractivity contribution is 5.84. The van der Waals surface area contributed by atoms with Gasteiger partial charge in [0.2, 0.25) is 0 Å². The van der Waals surface area contributed by atoms with Gasteiger partial charge in [0, 0.05) is 12.5 Å². The first-order valence-electron chi connectivity index (χ1n) is 4.35. The number of aliphatic carboxylic acids is 2. The minimum Gasteiger partial charge on any atom is -0.481 e. The average molecular weight is 201 g/mol. The van der Waals surface area contributed by atoms with Gasteiger partial charge in [0.25, 0.3) is 0 Å². The van der Waals surface area contributed by atoms with Crippen LogP contribution in [-0.2, 0) is 14.3 Å². The van der Waals surface area contributed by atoms with Gasteiger partial charge in [-0.05, 0) is 6.42 Å². The smallest absolute Gasteiger partial charge is 0.324 e. The topological polar surface area (TPSA) is 110 Å². The fourth-order valence-corrected chi connectivity index (χ4v) is 2.18. The highest BCUT2D eigenvalue weighted by Gasteiger charge is 2.69. The lowest BCUT2D eigenvalue weighted by atomic mass is 9.88. The maximum atomic E-state index is 10.9. The largest absolute Gasteiger partial charge is 0.481 e. The summed E-state index contributed by atoms with van der Waals surface area (Å²) in [5, 5.41) is 17.7. The number of fused-ring (bicyclic) bond motifs is 1. The number of ether oxygens (including phenoxy) is 1. The van der Waals surface area contributed by atoms with E-state index in [-0.39, 0.29) is 13.0 Å². The normalized spacial score (nSPS) is 45.4. The van der Waals surface area contributed by atoms with Gasteiger partial charge < -0.3 is 20.7 Å². The molecule has 6 heteroatoms. The quantitative estimate of drug-likeness (QED) is 0.522. The number of carboxylic acid groups (broad SMARTS) is 2. The number of nitrogens with two attached hydrogens (primary N) is 1. The second-order valence-electron chi connectivity index (χ2n) is 3.82. The molecule has 4 N–H and O–H groups in total. The first-order valence-corrected chi connectivity index (χ1v) is 4.35. The summed E-state index contributed by atoms with van der Waals surface area (Å²) in [6.45, 7) is 0.216. The van der Waals surface area contributed by atoms with E-state index in [0.29, 0.717) is 0 Å². The summed E-state index contributed by atoms with van der Waals surface area (Å²) in [6, 6.07) is 0. The van der Waals surface area contributed by atoms with E-state index >= 15 is 0 Å². The van der Waals surface area contributed by atoms with E-state index in [0.717, 1.165) is 0 Å². The van der Waals surface area contributed by atoms with Gasteiger partial charge in [0.05, 0.1) is 12.0 Å². The van der Waals surface area contributed by atoms with Crippen molar-refractivity contribution in [1.29, 1.82) is 0 Å². The molecule has 6 nitrogen and oxygen atoms in total. The van der Waals surface area contributed by atoms with Gasteiger partial charge in [-0.1, -0.05) is 0 Å². The molecule has 0 bridgehead atoms.